The fourth-order valence-corrected chi connectivity index (χ4v) is 8.39. The fourth-order valence-electron chi connectivity index (χ4n) is 8.39. The van der Waals surface area contributed by atoms with Gasteiger partial charge in [0.15, 0.2) is 0 Å². The van der Waals surface area contributed by atoms with Gasteiger partial charge in [-0.2, -0.15) is 0 Å². The van der Waals surface area contributed by atoms with E-state index in [2.05, 4.69) is 34.5 Å². The van der Waals surface area contributed by atoms with Crippen molar-refractivity contribution in [1.29, 1.82) is 0 Å². The number of nitrogens with zero attached hydrogens (tertiary/aromatic N) is 1. The molecule has 3 heteroatoms. The summed E-state index contributed by atoms with van der Waals surface area (Å²) in [6.07, 6.45) is 10.2. The van der Waals surface area contributed by atoms with Crippen molar-refractivity contribution in [2.45, 2.75) is 80.0 Å². The van der Waals surface area contributed by atoms with E-state index < -0.39 is 0 Å². The normalized spacial score (nSPS) is 51.3. The van der Waals surface area contributed by atoms with E-state index in [1.165, 1.54) is 58.0 Å². The van der Waals surface area contributed by atoms with Crippen molar-refractivity contribution in [2.75, 3.05) is 19.7 Å². The van der Waals surface area contributed by atoms with Crippen LogP contribution in [0.5, 0.6) is 0 Å². The van der Waals surface area contributed by atoms with Crippen molar-refractivity contribution in [3.05, 3.63) is 35.4 Å². The summed E-state index contributed by atoms with van der Waals surface area (Å²) in [5.41, 5.74) is 3.98. The number of likely N-dealkylation sites (tertiary alicyclic amines) is 1. The number of nitrogens with one attached hydrogen (secondary N) is 1. The standard InChI is InChI=1S/C23H30N2O/c1-2-4-19-18(3-1)16-5-7-22(19,8-6-16)23-11-17(26-14-23)13-25(23)21-10-15-9-20(21)24-12-15/h1-4,15-17,20-21,24H,5-14H2. The molecule has 3 saturated heterocycles. The SMILES string of the molecule is c1ccc2c(c1)C1CCC2(C23COC(CN2C2CC4CNC2C4)C3)CC1. The molecule has 26 heavy (non-hydrogen) atoms. The third kappa shape index (κ3) is 1.63. The summed E-state index contributed by atoms with van der Waals surface area (Å²) >= 11 is 0. The maximum atomic E-state index is 6.38. The van der Waals surface area contributed by atoms with Gasteiger partial charge >= 0.3 is 0 Å². The number of rotatable bonds is 2. The van der Waals surface area contributed by atoms with Crippen LogP contribution < -0.4 is 5.32 Å². The van der Waals surface area contributed by atoms with E-state index in [0.29, 0.717) is 11.5 Å². The molecule has 3 heterocycles. The van der Waals surface area contributed by atoms with Crippen LogP contribution in [0.15, 0.2) is 24.3 Å². The van der Waals surface area contributed by atoms with Crippen LogP contribution in [0.1, 0.15) is 62.0 Å². The van der Waals surface area contributed by atoms with E-state index in [9.17, 15) is 0 Å². The van der Waals surface area contributed by atoms with Gasteiger partial charge < -0.3 is 10.1 Å². The number of morpholine rings is 1. The summed E-state index contributed by atoms with van der Waals surface area (Å²) in [5, 5.41) is 3.84. The topological polar surface area (TPSA) is 24.5 Å². The Morgan fingerprint density at radius 3 is 2.77 bits per heavy atom. The van der Waals surface area contributed by atoms with Crippen LogP contribution in [0.2, 0.25) is 0 Å². The van der Waals surface area contributed by atoms with Crippen molar-refractivity contribution in [3.8, 4) is 0 Å². The number of fused-ring (bicyclic) bond motifs is 6. The van der Waals surface area contributed by atoms with Crippen molar-refractivity contribution in [1.82, 2.24) is 10.2 Å². The lowest BCUT2D eigenvalue weighted by Gasteiger charge is -2.61. The van der Waals surface area contributed by atoms with Crippen molar-refractivity contribution >= 4 is 0 Å². The third-order valence-electron chi connectivity index (χ3n) is 9.42. The van der Waals surface area contributed by atoms with Gasteiger partial charge in [0.05, 0.1) is 18.2 Å². The van der Waals surface area contributed by atoms with Crippen LogP contribution in [0.25, 0.3) is 0 Å². The molecule has 1 aromatic carbocycles. The predicted octanol–water partition coefficient (Wildman–Crippen LogP) is 3.19. The van der Waals surface area contributed by atoms with Gasteiger partial charge in [-0.1, -0.05) is 24.3 Å². The smallest absolute Gasteiger partial charge is 0.0722 e. The molecule has 6 bridgehead atoms. The maximum Gasteiger partial charge on any atom is 0.0722 e. The average Bonchev–Trinajstić information content (AvgIpc) is 3.49. The Balaban J connectivity index is 1.38. The van der Waals surface area contributed by atoms with Gasteiger partial charge in [-0.25, -0.2) is 0 Å². The number of benzene rings is 1. The van der Waals surface area contributed by atoms with E-state index in [4.69, 9.17) is 4.74 Å². The molecule has 3 aliphatic heterocycles. The average molecular weight is 351 g/mol. The fraction of sp³-hybridized carbons (Fsp3) is 0.739. The quantitative estimate of drug-likeness (QED) is 0.887. The summed E-state index contributed by atoms with van der Waals surface area (Å²) in [6.45, 7) is 3.42. The minimum absolute atomic E-state index is 0.260. The summed E-state index contributed by atoms with van der Waals surface area (Å²) < 4.78 is 6.38. The van der Waals surface area contributed by atoms with Crippen LogP contribution in [0.3, 0.4) is 0 Å². The Morgan fingerprint density at radius 2 is 2.00 bits per heavy atom. The zero-order valence-electron chi connectivity index (χ0n) is 15.6. The van der Waals surface area contributed by atoms with Crippen LogP contribution in [0, 0.1) is 5.92 Å². The van der Waals surface area contributed by atoms with Crippen molar-refractivity contribution < 1.29 is 4.74 Å². The Bertz CT molecular complexity index is 754. The van der Waals surface area contributed by atoms with E-state index in [0.717, 1.165) is 30.5 Å². The van der Waals surface area contributed by atoms with E-state index in [1.54, 1.807) is 11.1 Å². The molecule has 7 aliphatic rings. The van der Waals surface area contributed by atoms with E-state index >= 15 is 0 Å². The van der Waals surface area contributed by atoms with Gasteiger partial charge in [-0.15, -0.1) is 0 Å². The van der Waals surface area contributed by atoms with Gasteiger partial charge in [0.25, 0.3) is 0 Å². The first-order valence-corrected chi connectivity index (χ1v) is 11.0. The minimum atomic E-state index is 0.260. The first-order chi connectivity index (χ1) is 12.8. The van der Waals surface area contributed by atoms with Gasteiger partial charge in [0.1, 0.15) is 0 Å². The molecule has 1 aromatic rings. The number of ether oxygens (including phenoxy) is 1. The summed E-state index contributed by atoms with van der Waals surface area (Å²) in [4.78, 5) is 3.00. The van der Waals surface area contributed by atoms with Crippen LogP contribution in [0.4, 0.5) is 0 Å². The molecule has 8 rings (SSSR count). The first-order valence-electron chi connectivity index (χ1n) is 11.0. The predicted molar refractivity (Wildman–Crippen MR) is 101 cm³/mol. The third-order valence-corrected chi connectivity index (χ3v) is 9.42. The second-order valence-electron chi connectivity index (χ2n) is 10.2. The highest BCUT2D eigenvalue weighted by atomic mass is 16.5. The monoisotopic (exact) mass is 350 g/mol. The van der Waals surface area contributed by atoms with Crippen LogP contribution in [-0.4, -0.2) is 48.3 Å². The Labute approximate surface area is 156 Å². The van der Waals surface area contributed by atoms with Crippen LogP contribution in [-0.2, 0) is 10.2 Å². The lowest BCUT2D eigenvalue weighted by molar-refractivity contribution is -0.0855. The Morgan fingerprint density at radius 1 is 1.12 bits per heavy atom. The van der Waals surface area contributed by atoms with Crippen molar-refractivity contribution in [2.24, 2.45) is 5.92 Å². The second kappa shape index (κ2) is 4.92. The maximum absolute atomic E-state index is 6.38. The molecule has 138 valence electrons. The zero-order valence-corrected chi connectivity index (χ0v) is 15.6. The molecule has 5 fully saturated rings. The molecule has 0 radical (unpaired) electrons. The first kappa shape index (κ1) is 15.1. The minimum Gasteiger partial charge on any atom is -0.375 e. The molecule has 5 unspecified atom stereocenters. The lowest BCUT2D eigenvalue weighted by Crippen LogP contribution is -2.68. The van der Waals surface area contributed by atoms with Gasteiger partial charge in [0, 0.05) is 24.0 Å². The largest absolute Gasteiger partial charge is 0.375 e. The highest BCUT2D eigenvalue weighted by molar-refractivity contribution is 5.46. The Hall–Kier alpha value is -0.900. The second-order valence-corrected chi connectivity index (χ2v) is 10.2. The van der Waals surface area contributed by atoms with Gasteiger partial charge in [-0.3, -0.25) is 4.90 Å². The Kier molecular flexibility index (Phi) is 2.86. The molecule has 5 atom stereocenters. The molecule has 0 amide bonds. The van der Waals surface area contributed by atoms with Crippen molar-refractivity contribution in [3.63, 3.8) is 0 Å². The van der Waals surface area contributed by atoms with Gasteiger partial charge in [0.2, 0.25) is 0 Å². The van der Waals surface area contributed by atoms with E-state index in [-0.39, 0.29) is 5.54 Å². The number of hydrogen-bond donors (Lipinski definition) is 1. The lowest BCUT2D eigenvalue weighted by atomic mass is 9.50. The number of hydrogen-bond acceptors (Lipinski definition) is 3. The number of piperidine rings is 1. The molecular formula is C23H30N2O. The highest BCUT2D eigenvalue weighted by Crippen LogP contribution is 2.64. The van der Waals surface area contributed by atoms with Gasteiger partial charge in [-0.05, 0) is 74.5 Å². The van der Waals surface area contributed by atoms with E-state index in [1.807, 2.05) is 0 Å². The molecule has 0 spiro atoms. The molecule has 3 nitrogen and oxygen atoms in total. The highest BCUT2D eigenvalue weighted by Gasteiger charge is 2.67. The molecule has 2 saturated carbocycles. The molecule has 0 aromatic heterocycles. The molecule has 1 N–H and O–H groups in total. The summed E-state index contributed by atoms with van der Waals surface area (Å²) in [6, 6.07) is 11.0. The molecular weight excluding hydrogens is 320 g/mol. The van der Waals surface area contributed by atoms with Crippen LogP contribution >= 0.6 is 0 Å². The summed E-state index contributed by atoms with van der Waals surface area (Å²) in [5.74, 6) is 1.75. The molecule has 4 aliphatic carbocycles. The zero-order chi connectivity index (χ0) is 16.9. The summed E-state index contributed by atoms with van der Waals surface area (Å²) in [7, 11) is 0.